The fraction of sp³-hybridized carbons (Fsp3) is 0.300. The Hall–Kier alpha value is -6.00. The highest BCUT2D eigenvalue weighted by atomic mass is 16.7. The number of methoxy groups -OCH3 is 2. The molecule has 286 valence electrons. The first-order valence-electron chi connectivity index (χ1n) is 17.4. The number of rotatable bonds is 14. The van der Waals surface area contributed by atoms with E-state index in [4.69, 9.17) is 33.2 Å². The standard InChI is InChI=1S/C40H39N3O12/c1-25-20-41(39(46)42(38(25)45)23-51-21-26-17-34-35(53-24-52-34)18-32(26)43(47)48)37-19-33(44)36(55-37)22-54-40(27-7-5-4-6-8-27,28-9-13-30(49-2)14-10-28)29-11-15-31(50-3)16-12-29/h4-18,20,33,36-37,44H,19,21-24H2,1-3H3/t33-,36+,37+/m0/s1. The number of aromatic nitrogens is 2. The van der Waals surface area contributed by atoms with Crippen molar-refractivity contribution in [2.75, 3.05) is 27.6 Å². The number of aliphatic hydroxyl groups excluding tert-OH is 1. The highest BCUT2D eigenvalue weighted by Crippen LogP contribution is 2.43. The largest absolute Gasteiger partial charge is 0.497 e. The van der Waals surface area contributed by atoms with Crippen LogP contribution < -0.4 is 30.2 Å². The predicted molar refractivity (Wildman–Crippen MR) is 197 cm³/mol. The van der Waals surface area contributed by atoms with Crippen LogP contribution in [-0.2, 0) is 33.1 Å². The first-order chi connectivity index (χ1) is 26.6. The van der Waals surface area contributed by atoms with Crippen LogP contribution in [0.4, 0.5) is 5.69 Å². The van der Waals surface area contributed by atoms with Gasteiger partial charge in [-0.2, -0.15) is 0 Å². The van der Waals surface area contributed by atoms with E-state index >= 15 is 0 Å². The van der Waals surface area contributed by atoms with Gasteiger partial charge in [-0.3, -0.25) is 19.5 Å². The minimum absolute atomic E-state index is 0.0270. The molecule has 2 aliphatic rings. The quantitative estimate of drug-likeness (QED) is 0.0934. The number of nitro benzene ring substituents is 1. The molecule has 0 bridgehead atoms. The molecule has 55 heavy (non-hydrogen) atoms. The maximum absolute atomic E-state index is 13.8. The molecule has 3 atom stereocenters. The molecule has 0 amide bonds. The summed E-state index contributed by atoms with van der Waals surface area (Å²) >= 11 is 0. The van der Waals surface area contributed by atoms with Gasteiger partial charge in [-0.1, -0.05) is 54.6 Å². The summed E-state index contributed by atoms with van der Waals surface area (Å²) in [6, 6.07) is 27.4. The summed E-state index contributed by atoms with van der Waals surface area (Å²) in [5.74, 6) is 1.89. The summed E-state index contributed by atoms with van der Waals surface area (Å²) in [5.41, 5.74) is 0.0165. The minimum Gasteiger partial charge on any atom is -0.497 e. The fourth-order valence-electron chi connectivity index (χ4n) is 6.90. The molecule has 15 heteroatoms. The van der Waals surface area contributed by atoms with E-state index in [-0.39, 0.29) is 49.0 Å². The Morgan fingerprint density at radius 1 is 0.891 bits per heavy atom. The second-order valence-corrected chi connectivity index (χ2v) is 13.1. The van der Waals surface area contributed by atoms with E-state index < -0.39 is 46.9 Å². The van der Waals surface area contributed by atoms with E-state index in [0.717, 1.165) is 21.3 Å². The van der Waals surface area contributed by atoms with Crippen molar-refractivity contribution in [2.45, 2.75) is 50.7 Å². The lowest BCUT2D eigenvalue weighted by Crippen LogP contribution is -2.42. The van der Waals surface area contributed by atoms with Crippen molar-refractivity contribution < 1.29 is 43.2 Å². The fourth-order valence-corrected chi connectivity index (χ4v) is 6.90. The van der Waals surface area contributed by atoms with E-state index in [0.29, 0.717) is 17.2 Å². The van der Waals surface area contributed by atoms with E-state index in [1.54, 1.807) is 21.1 Å². The number of ether oxygens (including phenoxy) is 7. The van der Waals surface area contributed by atoms with Crippen molar-refractivity contribution >= 4 is 5.69 Å². The van der Waals surface area contributed by atoms with Gasteiger partial charge in [-0.05, 0) is 53.9 Å². The highest BCUT2D eigenvalue weighted by molar-refractivity contribution is 5.55. The topological polar surface area (TPSA) is 172 Å². The Kier molecular flexibility index (Phi) is 10.7. The molecule has 0 aliphatic carbocycles. The number of hydrogen-bond donors (Lipinski definition) is 1. The molecule has 0 radical (unpaired) electrons. The van der Waals surface area contributed by atoms with E-state index in [1.165, 1.54) is 22.9 Å². The van der Waals surface area contributed by atoms with Gasteiger partial charge in [-0.15, -0.1) is 0 Å². The molecule has 15 nitrogen and oxygen atoms in total. The molecule has 0 spiro atoms. The smallest absolute Gasteiger partial charge is 0.335 e. The third-order valence-corrected chi connectivity index (χ3v) is 9.77. The number of fused-ring (bicyclic) bond motifs is 1. The average Bonchev–Trinajstić information content (AvgIpc) is 3.83. The molecule has 5 aromatic rings. The summed E-state index contributed by atoms with van der Waals surface area (Å²) in [7, 11) is 3.19. The maximum Gasteiger partial charge on any atom is 0.335 e. The summed E-state index contributed by atoms with van der Waals surface area (Å²) in [6.07, 6.45) is -1.46. The summed E-state index contributed by atoms with van der Waals surface area (Å²) in [6.45, 7) is 0.586. The number of aliphatic hydroxyl groups is 1. The molecule has 1 fully saturated rings. The monoisotopic (exact) mass is 753 g/mol. The number of nitro groups is 1. The van der Waals surface area contributed by atoms with Crippen LogP contribution in [-0.4, -0.2) is 59.0 Å². The minimum atomic E-state index is -1.17. The molecule has 3 heterocycles. The number of benzene rings is 4. The zero-order valence-electron chi connectivity index (χ0n) is 30.3. The summed E-state index contributed by atoms with van der Waals surface area (Å²) in [5, 5.41) is 23.0. The first-order valence-corrected chi connectivity index (χ1v) is 17.4. The Morgan fingerprint density at radius 3 is 2.09 bits per heavy atom. The van der Waals surface area contributed by atoms with Crippen LogP contribution in [0.5, 0.6) is 23.0 Å². The van der Waals surface area contributed by atoms with Crippen LogP contribution in [0.1, 0.15) is 40.5 Å². The molecule has 4 aromatic carbocycles. The zero-order chi connectivity index (χ0) is 38.7. The zero-order valence-corrected chi connectivity index (χ0v) is 30.3. The van der Waals surface area contributed by atoms with Crippen LogP contribution in [0.2, 0.25) is 0 Å². The predicted octanol–water partition coefficient (Wildman–Crippen LogP) is 4.80. The van der Waals surface area contributed by atoms with Crippen LogP contribution in [0.25, 0.3) is 0 Å². The Bertz CT molecular complexity index is 2230. The SMILES string of the molecule is COc1ccc(C(OC[C@H]2O[C@@H](n3cc(C)c(=O)n(COCc4cc5c(cc4[N+](=O)[O-])OCO5)c3=O)C[C@@H]2O)(c2ccccc2)c2ccc(OC)cc2)cc1. The molecular weight excluding hydrogens is 714 g/mol. The number of aryl methyl sites for hydroxylation is 1. The van der Waals surface area contributed by atoms with Crippen molar-refractivity contribution in [2.24, 2.45) is 0 Å². The van der Waals surface area contributed by atoms with Crippen LogP contribution >= 0.6 is 0 Å². The lowest BCUT2D eigenvalue weighted by atomic mass is 9.80. The number of hydrogen-bond acceptors (Lipinski definition) is 12. The third-order valence-electron chi connectivity index (χ3n) is 9.77. The van der Waals surface area contributed by atoms with Crippen LogP contribution in [0.3, 0.4) is 0 Å². The highest BCUT2D eigenvalue weighted by Gasteiger charge is 2.42. The van der Waals surface area contributed by atoms with Crippen LogP contribution in [0, 0.1) is 17.0 Å². The van der Waals surface area contributed by atoms with Crippen molar-refractivity contribution in [1.29, 1.82) is 0 Å². The molecule has 7 rings (SSSR count). The van der Waals surface area contributed by atoms with Crippen molar-refractivity contribution in [1.82, 2.24) is 9.13 Å². The average molecular weight is 754 g/mol. The van der Waals surface area contributed by atoms with Crippen molar-refractivity contribution in [3.8, 4) is 23.0 Å². The first kappa shape index (κ1) is 37.3. The van der Waals surface area contributed by atoms with E-state index in [9.17, 15) is 24.8 Å². The molecule has 0 unspecified atom stereocenters. The van der Waals surface area contributed by atoms with Gasteiger partial charge in [0.25, 0.3) is 11.2 Å². The Labute approximate surface area is 314 Å². The van der Waals surface area contributed by atoms with Gasteiger partial charge in [0.2, 0.25) is 6.79 Å². The van der Waals surface area contributed by atoms with E-state index in [1.807, 2.05) is 78.9 Å². The molecule has 1 aromatic heterocycles. The van der Waals surface area contributed by atoms with E-state index in [2.05, 4.69) is 0 Å². The number of nitrogens with zero attached hydrogens (tertiary/aromatic N) is 3. The maximum atomic E-state index is 13.8. The van der Waals surface area contributed by atoms with Crippen LogP contribution in [0.15, 0.2) is 107 Å². The van der Waals surface area contributed by atoms with Gasteiger partial charge >= 0.3 is 5.69 Å². The van der Waals surface area contributed by atoms with Gasteiger partial charge in [0.15, 0.2) is 11.5 Å². The van der Waals surface area contributed by atoms with Gasteiger partial charge in [-0.25, -0.2) is 9.36 Å². The Morgan fingerprint density at radius 2 is 1.49 bits per heavy atom. The van der Waals surface area contributed by atoms with Gasteiger partial charge in [0.05, 0.1) is 50.1 Å². The molecule has 1 saturated heterocycles. The molecule has 1 N–H and O–H groups in total. The molecular formula is C40H39N3O12. The summed E-state index contributed by atoms with van der Waals surface area (Å²) in [4.78, 5) is 38.1. The summed E-state index contributed by atoms with van der Waals surface area (Å²) < 4.78 is 42.5. The second-order valence-electron chi connectivity index (χ2n) is 13.1. The lowest BCUT2D eigenvalue weighted by molar-refractivity contribution is -0.386. The van der Waals surface area contributed by atoms with Crippen molar-refractivity contribution in [3.63, 3.8) is 0 Å². The van der Waals surface area contributed by atoms with Gasteiger partial charge < -0.3 is 38.3 Å². The van der Waals surface area contributed by atoms with Gasteiger partial charge in [0, 0.05) is 18.2 Å². The Balaban J connectivity index is 1.14. The van der Waals surface area contributed by atoms with Gasteiger partial charge in [0.1, 0.15) is 36.2 Å². The lowest BCUT2D eigenvalue weighted by Gasteiger charge is -2.37. The van der Waals surface area contributed by atoms with Crippen molar-refractivity contribution in [3.05, 3.63) is 156 Å². The molecule has 0 saturated carbocycles. The molecule has 2 aliphatic heterocycles. The second kappa shape index (κ2) is 15.8. The normalized spacial score (nSPS) is 17.6. The third kappa shape index (κ3) is 7.29.